The van der Waals surface area contributed by atoms with Gasteiger partial charge in [-0.3, -0.25) is 4.79 Å². The molecular weight excluding hydrogens is 222 g/mol. The average Bonchev–Trinajstić information content (AvgIpc) is 2.18. The summed E-state index contributed by atoms with van der Waals surface area (Å²) in [7, 11) is 0. The van der Waals surface area contributed by atoms with E-state index >= 15 is 0 Å². The molecule has 0 unspecified atom stereocenters. The highest BCUT2D eigenvalue weighted by atomic mass is 16.4. The van der Waals surface area contributed by atoms with Crippen molar-refractivity contribution in [1.29, 1.82) is 5.26 Å². The van der Waals surface area contributed by atoms with E-state index in [2.05, 4.69) is 0 Å². The van der Waals surface area contributed by atoms with Crippen LogP contribution in [0, 0.1) is 11.3 Å². The summed E-state index contributed by atoms with van der Waals surface area (Å²) in [6.07, 6.45) is 1.64. The molecular formula is C12H11NO4. The van der Waals surface area contributed by atoms with Gasteiger partial charge in [0.15, 0.2) is 0 Å². The molecule has 1 aliphatic carbocycles. The zero-order valence-corrected chi connectivity index (χ0v) is 8.97. The summed E-state index contributed by atoms with van der Waals surface area (Å²) in [5.74, 6) is -1.62. The fourth-order valence-corrected chi connectivity index (χ4v) is 2.18. The summed E-state index contributed by atoms with van der Waals surface area (Å²) in [5, 5.41) is 37.1. The second-order valence-corrected chi connectivity index (χ2v) is 4.24. The lowest BCUT2D eigenvalue weighted by Crippen LogP contribution is -2.42. The molecule has 0 spiro atoms. The van der Waals surface area contributed by atoms with Crippen LogP contribution in [0.25, 0.3) is 0 Å². The van der Waals surface area contributed by atoms with E-state index in [1.165, 1.54) is 6.07 Å². The number of phenolic OH excluding ortho intramolecular Hbond substituents is 2. The van der Waals surface area contributed by atoms with Crippen LogP contribution in [0.2, 0.25) is 0 Å². The molecule has 17 heavy (non-hydrogen) atoms. The fourth-order valence-electron chi connectivity index (χ4n) is 2.18. The summed E-state index contributed by atoms with van der Waals surface area (Å²) in [6, 6.07) is 4.05. The third-order valence-corrected chi connectivity index (χ3v) is 3.37. The summed E-state index contributed by atoms with van der Waals surface area (Å²) in [4.78, 5) is 11.3. The normalized spacial score (nSPS) is 16.9. The molecule has 0 atom stereocenters. The number of carbonyl (C=O) groups is 1. The largest absolute Gasteiger partial charge is 0.507 e. The number of nitriles is 1. The predicted molar refractivity (Wildman–Crippen MR) is 57.7 cm³/mol. The molecule has 5 nitrogen and oxygen atoms in total. The molecule has 1 fully saturated rings. The number of aromatic hydroxyl groups is 2. The Hall–Kier alpha value is -2.22. The monoisotopic (exact) mass is 233 g/mol. The average molecular weight is 233 g/mol. The van der Waals surface area contributed by atoms with Crippen molar-refractivity contribution in [2.75, 3.05) is 0 Å². The van der Waals surface area contributed by atoms with Crippen LogP contribution in [0.5, 0.6) is 11.5 Å². The number of rotatable bonds is 2. The highest BCUT2D eigenvalue weighted by Crippen LogP contribution is 2.48. The Morgan fingerprint density at radius 3 is 2.35 bits per heavy atom. The van der Waals surface area contributed by atoms with Crippen LogP contribution in [0.4, 0.5) is 0 Å². The summed E-state index contributed by atoms with van der Waals surface area (Å²) in [6.45, 7) is 0. The Balaban J connectivity index is 2.60. The van der Waals surface area contributed by atoms with E-state index in [9.17, 15) is 20.1 Å². The quantitative estimate of drug-likeness (QED) is 0.718. The molecule has 0 aromatic heterocycles. The van der Waals surface area contributed by atoms with Gasteiger partial charge in [0.1, 0.15) is 17.6 Å². The summed E-state index contributed by atoms with van der Waals surface area (Å²) < 4.78 is 0. The Bertz CT molecular complexity index is 526. The standard InChI is InChI=1S/C12H11NO4/c13-6-7-4-8(10(15)5-9(7)14)12(11(16)17)2-1-3-12/h4-5,14-15H,1-3H2,(H,16,17). The van der Waals surface area contributed by atoms with Gasteiger partial charge in [-0.15, -0.1) is 0 Å². The van der Waals surface area contributed by atoms with Gasteiger partial charge in [0, 0.05) is 11.6 Å². The third-order valence-electron chi connectivity index (χ3n) is 3.37. The molecule has 0 saturated heterocycles. The van der Waals surface area contributed by atoms with E-state index in [1.54, 1.807) is 6.07 Å². The van der Waals surface area contributed by atoms with Crippen molar-refractivity contribution >= 4 is 5.97 Å². The van der Waals surface area contributed by atoms with Crippen LogP contribution in [0.3, 0.4) is 0 Å². The number of carboxylic acid groups (broad SMARTS) is 1. The molecule has 1 saturated carbocycles. The number of aliphatic carboxylic acids is 1. The first kappa shape index (κ1) is 11.3. The van der Waals surface area contributed by atoms with Gasteiger partial charge in [-0.05, 0) is 18.9 Å². The maximum atomic E-state index is 11.3. The van der Waals surface area contributed by atoms with E-state index < -0.39 is 11.4 Å². The lowest BCUT2D eigenvalue weighted by Gasteiger charge is -2.38. The maximum absolute atomic E-state index is 11.3. The molecule has 1 aromatic rings. The zero-order chi connectivity index (χ0) is 12.6. The van der Waals surface area contributed by atoms with Gasteiger partial charge in [0.25, 0.3) is 0 Å². The minimum absolute atomic E-state index is 0.0228. The minimum atomic E-state index is -1.11. The van der Waals surface area contributed by atoms with Crippen molar-refractivity contribution in [3.8, 4) is 17.6 Å². The van der Waals surface area contributed by atoms with E-state index in [0.29, 0.717) is 12.8 Å². The SMILES string of the molecule is N#Cc1cc(C2(C(=O)O)CCC2)c(O)cc1O. The predicted octanol–water partition coefficient (Wildman–Crippen LogP) is 1.48. The van der Waals surface area contributed by atoms with E-state index in [4.69, 9.17) is 5.26 Å². The van der Waals surface area contributed by atoms with Gasteiger partial charge < -0.3 is 15.3 Å². The minimum Gasteiger partial charge on any atom is -0.507 e. The Labute approximate surface area is 97.6 Å². The second kappa shape index (κ2) is 3.67. The van der Waals surface area contributed by atoms with Crippen molar-refractivity contribution in [2.45, 2.75) is 24.7 Å². The maximum Gasteiger partial charge on any atom is 0.314 e. The van der Waals surface area contributed by atoms with Gasteiger partial charge in [0.2, 0.25) is 0 Å². The van der Waals surface area contributed by atoms with Crippen molar-refractivity contribution in [2.24, 2.45) is 0 Å². The molecule has 1 aliphatic rings. The molecule has 2 rings (SSSR count). The van der Waals surface area contributed by atoms with E-state index in [1.807, 2.05) is 0 Å². The smallest absolute Gasteiger partial charge is 0.314 e. The fraction of sp³-hybridized carbons (Fsp3) is 0.333. The first-order valence-electron chi connectivity index (χ1n) is 5.21. The van der Waals surface area contributed by atoms with Crippen LogP contribution in [0.1, 0.15) is 30.4 Å². The highest BCUT2D eigenvalue weighted by Gasteiger charge is 2.47. The molecule has 1 aromatic carbocycles. The van der Waals surface area contributed by atoms with Crippen LogP contribution in [-0.2, 0) is 10.2 Å². The lowest BCUT2D eigenvalue weighted by atomic mass is 9.64. The van der Waals surface area contributed by atoms with Crippen molar-refractivity contribution in [3.63, 3.8) is 0 Å². The highest BCUT2D eigenvalue weighted by molar-refractivity contribution is 5.84. The van der Waals surface area contributed by atoms with E-state index in [0.717, 1.165) is 12.5 Å². The molecule has 3 N–H and O–H groups in total. The lowest BCUT2D eigenvalue weighted by molar-refractivity contribution is -0.147. The summed E-state index contributed by atoms with van der Waals surface area (Å²) in [5.41, 5.74) is -0.917. The van der Waals surface area contributed by atoms with Gasteiger partial charge in [-0.1, -0.05) is 6.42 Å². The van der Waals surface area contributed by atoms with Crippen LogP contribution in [0.15, 0.2) is 12.1 Å². The number of nitrogens with zero attached hydrogens (tertiary/aromatic N) is 1. The Morgan fingerprint density at radius 1 is 1.29 bits per heavy atom. The first-order chi connectivity index (χ1) is 8.01. The molecule has 0 amide bonds. The van der Waals surface area contributed by atoms with Gasteiger partial charge in [0.05, 0.1) is 11.0 Å². The van der Waals surface area contributed by atoms with Gasteiger partial charge >= 0.3 is 5.97 Å². The van der Waals surface area contributed by atoms with Crippen molar-refractivity contribution in [3.05, 3.63) is 23.3 Å². The van der Waals surface area contributed by atoms with Crippen LogP contribution < -0.4 is 0 Å². The second-order valence-electron chi connectivity index (χ2n) is 4.24. The molecule has 88 valence electrons. The number of hydrogen-bond acceptors (Lipinski definition) is 4. The zero-order valence-electron chi connectivity index (χ0n) is 8.97. The van der Waals surface area contributed by atoms with E-state index in [-0.39, 0.29) is 22.6 Å². The number of carboxylic acids is 1. The molecule has 0 aliphatic heterocycles. The number of hydrogen-bond donors (Lipinski definition) is 3. The van der Waals surface area contributed by atoms with Gasteiger partial charge in [-0.2, -0.15) is 5.26 Å². The van der Waals surface area contributed by atoms with Crippen molar-refractivity contribution in [1.82, 2.24) is 0 Å². The van der Waals surface area contributed by atoms with Crippen molar-refractivity contribution < 1.29 is 20.1 Å². The molecule has 0 heterocycles. The third kappa shape index (κ3) is 1.49. The van der Waals surface area contributed by atoms with Crippen LogP contribution >= 0.6 is 0 Å². The van der Waals surface area contributed by atoms with Gasteiger partial charge in [-0.25, -0.2) is 0 Å². The Morgan fingerprint density at radius 2 is 1.94 bits per heavy atom. The molecule has 0 bridgehead atoms. The Kier molecular flexibility index (Phi) is 2.43. The number of benzene rings is 1. The molecule has 5 heteroatoms. The summed E-state index contributed by atoms with van der Waals surface area (Å²) >= 11 is 0. The first-order valence-corrected chi connectivity index (χ1v) is 5.21. The van der Waals surface area contributed by atoms with Crippen LogP contribution in [-0.4, -0.2) is 21.3 Å². The number of phenols is 2. The molecule has 0 radical (unpaired) electrons. The topological polar surface area (TPSA) is 102 Å².